The molecule has 0 saturated heterocycles. The fourth-order valence-corrected chi connectivity index (χ4v) is 3.60. The van der Waals surface area contributed by atoms with Crippen LogP contribution in [0.2, 0.25) is 0 Å². The van der Waals surface area contributed by atoms with Gasteiger partial charge in [-0.15, -0.1) is 5.10 Å². The lowest BCUT2D eigenvalue weighted by Gasteiger charge is -2.05. The Morgan fingerprint density at radius 3 is 2.70 bits per heavy atom. The van der Waals surface area contributed by atoms with E-state index < -0.39 is 15.8 Å². The minimum absolute atomic E-state index is 0.0525. The van der Waals surface area contributed by atoms with E-state index in [0.29, 0.717) is 12.1 Å². The molecule has 3 N–H and O–H groups in total. The number of halogens is 1. The first-order valence-corrected chi connectivity index (χ1v) is 10.3. The first kappa shape index (κ1) is 19.5. The summed E-state index contributed by atoms with van der Waals surface area (Å²) in [6, 6.07) is 16.1. The fourth-order valence-electron chi connectivity index (χ4n) is 3.01. The van der Waals surface area contributed by atoms with Gasteiger partial charge in [-0.05, 0) is 47.9 Å². The minimum Gasteiger partial charge on any atom is -0.322 e. The highest BCUT2D eigenvalue weighted by atomic mass is 32.2. The molecule has 0 aliphatic heterocycles. The van der Waals surface area contributed by atoms with E-state index in [-0.39, 0.29) is 22.1 Å². The lowest BCUT2D eigenvalue weighted by molar-refractivity contribution is 0.597. The Balaban J connectivity index is 1.61. The third-order valence-electron chi connectivity index (χ3n) is 4.40. The second-order valence-electron chi connectivity index (χ2n) is 6.54. The van der Waals surface area contributed by atoms with E-state index in [1.54, 1.807) is 35.0 Å². The number of fused-ring (bicyclic) bond motifs is 1. The summed E-state index contributed by atoms with van der Waals surface area (Å²) in [6.45, 7) is 0. The molecular formula is C20H15FN6O2S. The zero-order valence-corrected chi connectivity index (χ0v) is 16.3. The van der Waals surface area contributed by atoms with E-state index in [1.807, 2.05) is 12.1 Å². The van der Waals surface area contributed by atoms with Gasteiger partial charge < -0.3 is 5.32 Å². The molecule has 0 fully saturated rings. The number of benzene rings is 2. The quantitative estimate of drug-likeness (QED) is 0.509. The number of hydrogen-bond acceptors (Lipinski definition) is 6. The smallest absolute Gasteiger partial charge is 0.247 e. The van der Waals surface area contributed by atoms with Gasteiger partial charge in [0, 0.05) is 6.20 Å². The van der Waals surface area contributed by atoms with Crippen molar-refractivity contribution >= 4 is 27.3 Å². The third-order valence-corrected chi connectivity index (χ3v) is 5.31. The number of primary sulfonamides is 1. The van der Waals surface area contributed by atoms with Crippen LogP contribution in [0.3, 0.4) is 0 Å². The number of rotatable bonds is 5. The summed E-state index contributed by atoms with van der Waals surface area (Å²) in [4.78, 5) is 4.37. The molecule has 2 aromatic carbocycles. The van der Waals surface area contributed by atoms with E-state index >= 15 is 0 Å². The molecule has 30 heavy (non-hydrogen) atoms. The van der Waals surface area contributed by atoms with Gasteiger partial charge >= 0.3 is 0 Å². The normalized spacial score (nSPS) is 11.4. The molecular weight excluding hydrogens is 407 g/mol. The molecule has 0 atom stereocenters. The Bertz CT molecular complexity index is 1410. The summed E-state index contributed by atoms with van der Waals surface area (Å²) in [7, 11) is -3.77. The Morgan fingerprint density at radius 1 is 1.13 bits per heavy atom. The summed E-state index contributed by atoms with van der Waals surface area (Å²) in [5, 5.41) is 21.5. The Hall–Kier alpha value is -3.81. The average molecular weight is 422 g/mol. The average Bonchev–Trinajstić information content (AvgIpc) is 3.09. The van der Waals surface area contributed by atoms with Crippen molar-refractivity contribution in [1.29, 1.82) is 5.26 Å². The van der Waals surface area contributed by atoms with Crippen LogP contribution < -0.4 is 10.5 Å². The molecule has 0 aliphatic carbocycles. The molecule has 150 valence electrons. The van der Waals surface area contributed by atoms with Gasteiger partial charge in [0.2, 0.25) is 16.0 Å². The monoisotopic (exact) mass is 422 g/mol. The molecule has 2 aromatic heterocycles. The molecule has 0 amide bonds. The zero-order valence-electron chi connectivity index (χ0n) is 15.4. The van der Waals surface area contributed by atoms with Gasteiger partial charge in [0.05, 0.1) is 10.6 Å². The Morgan fingerprint density at radius 2 is 1.93 bits per heavy atom. The van der Waals surface area contributed by atoms with Gasteiger partial charge in [0.1, 0.15) is 17.4 Å². The summed E-state index contributed by atoms with van der Waals surface area (Å²) < 4.78 is 38.4. The fraction of sp³-hybridized carbons (Fsp3) is 0.0500. The molecule has 0 spiro atoms. The van der Waals surface area contributed by atoms with Crippen molar-refractivity contribution in [1.82, 2.24) is 14.6 Å². The number of nitrogens with one attached hydrogen (secondary N) is 1. The maximum atomic E-state index is 13.8. The number of aromatic nitrogens is 3. The molecule has 8 nitrogen and oxygen atoms in total. The van der Waals surface area contributed by atoms with Crippen LogP contribution in [-0.2, 0) is 16.4 Å². The Kier molecular flexibility index (Phi) is 4.91. The van der Waals surface area contributed by atoms with Crippen LogP contribution >= 0.6 is 0 Å². The topological polar surface area (TPSA) is 126 Å². The predicted molar refractivity (Wildman–Crippen MR) is 108 cm³/mol. The zero-order chi connectivity index (χ0) is 21.3. The Labute approximate surface area is 171 Å². The molecule has 0 radical (unpaired) electrons. The standard InChI is InChI=1S/C20H15FN6O2S/c21-17-5-2-6-18(16(17)11-22)24-20-25-19-8-7-14(12-27(19)26-20)9-13-3-1-4-15(10-13)30(23,28)29/h1-8,10,12H,9H2,(H,24,26)(H2,23,28,29). The maximum absolute atomic E-state index is 13.8. The highest BCUT2D eigenvalue weighted by Gasteiger charge is 2.12. The van der Waals surface area contributed by atoms with E-state index in [2.05, 4.69) is 15.4 Å². The third kappa shape index (κ3) is 3.98. The molecule has 2 heterocycles. The van der Waals surface area contributed by atoms with Crippen LogP contribution in [0.15, 0.2) is 65.7 Å². The summed E-state index contributed by atoms with van der Waals surface area (Å²) in [5.41, 5.74) is 2.35. The number of pyridine rings is 1. The van der Waals surface area contributed by atoms with Gasteiger partial charge in [0.15, 0.2) is 5.65 Å². The van der Waals surface area contributed by atoms with Gasteiger partial charge in [0.25, 0.3) is 0 Å². The number of nitriles is 1. The predicted octanol–water partition coefficient (Wildman–Crippen LogP) is 2.72. The number of sulfonamides is 1. The summed E-state index contributed by atoms with van der Waals surface area (Å²) >= 11 is 0. The van der Waals surface area contributed by atoms with Crippen molar-refractivity contribution in [3.8, 4) is 6.07 Å². The lowest BCUT2D eigenvalue weighted by atomic mass is 10.1. The van der Waals surface area contributed by atoms with Crippen LogP contribution in [0.25, 0.3) is 5.65 Å². The van der Waals surface area contributed by atoms with Crippen molar-refractivity contribution in [3.05, 3.63) is 83.3 Å². The van der Waals surface area contributed by atoms with E-state index in [4.69, 9.17) is 10.4 Å². The van der Waals surface area contributed by atoms with Crippen LogP contribution in [-0.4, -0.2) is 23.0 Å². The van der Waals surface area contributed by atoms with Crippen molar-refractivity contribution in [2.24, 2.45) is 5.14 Å². The SMILES string of the molecule is N#Cc1c(F)cccc1Nc1nc2ccc(Cc3cccc(S(N)(=O)=O)c3)cn2n1. The number of anilines is 2. The molecule has 4 rings (SSSR count). The van der Waals surface area contributed by atoms with Crippen molar-refractivity contribution in [3.63, 3.8) is 0 Å². The molecule has 0 unspecified atom stereocenters. The summed E-state index contributed by atoms with van der Waals surface area (Å²) in [6.07, 6.45) is 2.22. The number of nitrogens with two attached hydrogens (primary N) is 1. The van der Waals surface area contributed by atoms with Crippen LogP contribution in [0.5, 0.6) is 0 Å². The van der Waals surface area contributed by atoms with Crippen molar-refractivity contribution < 1.29 is 12.8 Å². The molecule has 4 aromatic rings. The minimum atomic E-state index is -3.77. The van der Waals surface area contributed by atoms with Crippen LogP contribution in [0.1, 0.15) is 16.7 Å². The largest absolute Gasteiger partial charge is 0.322 e. The molecule has 0 aliphatic rings. The van der Waals surface area contributed by atoms with E-state index in [9.17, 15) is 12.8 Å². The molecule has 10 heteroatoms. The van der Waals surface area contributed by atoms with Crippen molar-refractivity contribution in [2.75, 3.05) is 5.32 Å². The first-order valence-electron chi connectivity index (χ1n) is 8.76. The van der Waals surface area contributed by atoms with E-state index in [0.717, 1.165) is 11.1 Å². The molecule has 0 bridgehead atoms. The lowest BCUT2D eigenvalue weighted by Crippen LogP contribution is -2.12. The number of hydrogen-bond donors (Lipinski definition) is 2. The number of nitrogens with zero attached hydrogens (tertiary/aromatic N) is 4. The first-order chi connectivity index (χ1) is 14.3. The van der Waals surface area contributed by atoms with Crippen molar-refractivity contribution in [2.45, 2.75) is 11.3 Å². The maximum Gasteiger partial charge on any atom is 0.247 e. The van der Waals surface area contributed by atoms with Crippen LogP contribution in [0, 0.1) is 17.1 Å². The van der Waals surface area contributed by atoms with Gasteiger partial charge in [-0.1, -0.05) is 24.3 Å². The second-order valence-corrected chi connectivity index (χ2v) is 8.11. The van der Waals surface area contributed by atoms with Gasteiger partial charge in [-0.3, -0.25) is 0 Å². The van der Waals surface area contributed by atoms with Gasteiger partial charge in [-0.2, -0.15) is 10.2 Å². The molecule has 0 saturated carbocycles. The van der Waals surface area contributed by atoms with Crippen LogP contribution in [0.4, 0.5) is 16.0 Å². The van der Waals surface area contributed by atoms with Gasteiger partial charge in [-0.25, -0.2) is 22.5 Å². The van der Waals surface area contributed by atoms with E-state index in [1.165, 1.54) is 24.3 Å². The highest BCUT2D eigenvalue weighted by Crippen LogP contribution is 2.21. The summed E-state index contributed by atoms with van der Waals surface area (Å²) in [5.74, 6) is -0.416. The highest BCUT2D eigenvalue weighted by molar-refractivity contribution is 7.89. The second kappa shape index (κ2) is 7.55.